The first-order valence-electron chi connectivity index (χ1n) is 9.69. The Morgan fingerprint density at radius 1 is 0.968 bits per heavy atom. The number of anilines is 4. The van der Waals surface area contributed by atoms with Crippen molar-refractivity contribution in [2.24, 2.45) is 0 Å². The highest BCUT2D eigenvalue weighted by Gasteiger charge is 2.15. The van der Waals surface area contributed by atoms with Crippen molar-refractivity contribution in [2.75, 3.05) is 31.1 Å². The monoisotopic (exact) mass is 437 g/mol. The van der Waals surface area contributed by atoms with Gasteiger partial charge in [-0.25, -0.2) is 0 Å². The van der Waals surface area contributed by atoms with Gasteiger partial charge in [-0.3, -0.25) is 0 Å². The van der Waals surface area contributed by atoms with Crippen molar-refractivity contribution in [1.82, 2.24) is 24.6 Å². The molecule has 2 heterocycles. The Kier molecular flexibility index (Phi) is 5.37. The van der Waals surface area contributed by atoms with Crippen LogP contribution in [0.15, 0.2) is 42.5 Å². The van der Waals surface area contributed by atoms with Crippen LogP contribution < -0.4 is 20.7 Å². The van der Waals surface area contributed by atoms with E-state index >= 15 is 0 Å². The van der Waals surface area contributed by atoms with Crippen LogP contribution in [-0.2, 0) is 4.57 Å². The molecule has 160 valence electrons. The fourth-order valence-electron chi connectivity index (χ4n) is 3.13. The van der Waals surface area contributed by atoms with E-state index in [1.54, 1.807) is 31.9 Å². The zero-order valence-electron chi connectivity index (χ0n) is 18.0. The molecule has 0 aliphatic carbocycles. The van der Waals surface area contributed by atoms with Gasteiger partial charge in [-0.1, -0.05) is 12.1 Å². The second-order valence-corrected chi connectivity index (χ2v) is 10.8. The summed E-state index contributed by atoms with van der Waals surface area (Å²) in [5.41, 5.74) is 2.51. The van der Waals surface area contributed by atoms with Gasteiger partial charge in [-0.05, 0) is 63.1 Å². The number of benzene rings is 2. The van der Waals surface area contributed by atoms with Crippen LogP contribution in [-0.4, -0.2) is 45.0 Å². The lowest BCUT2D eigenvalue weighted by Crippen LogP contribution is -2.10. The minimum atomic E-state index is -2.33. The Morgan fingerprint density at radius 3 is 2.45 bits per heavy atom. The molecular weight excluding hydrogens is 413 g/mol. The molecule has 0 unspecified atom stereocenters. The number of hydrogen-bond donors (Lipinski definition) is 2. The van der Waals surface area contributed by atoms with Crippen molar-refractivity contribution >= 4 is 41.5 Å². The molecule has 0 saturated heterocycles. The van der Waals surface area contributed by atoms with Crippen LogP contribution in [0.25, 0.3) is 5.78 Å². The first kappa shape index (κ1) is 20.8. The molecule has 4 rings (SSSR count). The van der Waals surface area contributed by atoms with Crippen LogP contribution >= 0.6 is 7.14 Å². The summed E-state index contributed by atoms with van der Waals surface area (Å²) in [5, 5.41) is 11.7. The van der Waals surface area contributed by atoms with Gasteiger partial charge < -0.3 is 19.9 Å². The van der Waals surface area contributed by atoms with E-state index in [0.717, 1.165) is 22.2 Å². The van der Waals surface area contributed by atoms with E-state index in [9.17, 15) is 4.57 Å². The molecule has 10 heteroatoms. The van der Waals surface area contributed by atoms with Crippen molar-refractivity contribution in [3.05, 3.63) is 53.9 Å². The molecule has 0 atom stereocenters. The number of methoxy groups -OCH3 is 1. The number of fused-ring (bicyclic) bond motifs is 1. The van der Waals surface area contributed by atoms with E-state index < -0.39 is 7.14 Å². The predicted octanol–water partition coefficient (Wildman–Crippen LogP) is 3.88. The molecule has 0 amide bonds. The molecule has 31 heavy (non-hydrogen) atoms. The number of rotatable bonds is 6. The van der Waals surface area contributed by atoms with Crippen molar-refractivity contribution in [3.63, 3.8) is 0 Å². The number of nitrogens with one attached hydrogen (secondary N) is 2. The van der Waals surface area contributed by atoms with Gasteiger partial charge in [0.2, 0.25) is 11.9 Å². The molecule has 0 aliphatic heterocycles. The normalized spacial score (nSPS) is 11.5. The molecule has 2 aromatic carbocycles. The standard InChI is InChI=1S/C21H24N7O2P/c1-13-12-15(31(4,5)29)10-11-16(13)23-19-25-20-22-14(2)27-28(20)21(26-19)24-17-8-6-7-9-18(17)30-3/h6-12H,1-5H3,(H2,22,23,24,25,26,27). The number of aromatic nitrogens is 5. The van der Waals surface area contributed by atoms with E-state index in [0.29, 0.717) is 29.2 Å². The molecule has 4 aromatic rings. The van der Waals surface area contributed by atoms with Crippen LogP contribution in [0.1, 0.15) is 11.4 Å². The summed E-state index contributed by atoms with van der Waals surface area (Å²) in [7, 11) is -0.723. The summed E-state index contributed by atoms with van der Waals surface area (Å²) in [6.45, 7) is 7.27. The van der Waals surface area contributed by atoms with E-state index in [4.69, 9.17) is 4.74 Å². The molecule has 9 nitrogen and oxygen atoms in total. The van der Waals surface area contributed by atoms with Crippen molar-refractivity contribution in [3.8, 4) is 5.75 Å². The van der Waals surface area contributed by atoms with Gasteiger partial charge in [0.25, 0.3) is 5.78 Å². The molecule has 0 radical (unpaired) electrons. The lowest BCUT2D eigenvalue weighted by Gasteiger charge is -2.14. The Bertz CT molecular complexity index is 1310. The van der Waals surface area contributed by atoms with Crippen LogP contribution in [0, 0.1) is 13.8 Å². The second-order valence-electron chi connectivity index (χ2n) is 7.54. The fourth-order valence-corrected chi connectivity index (χ4v) is 4.07. The summed E-state index contributed by atoms with van der Waals surface area (Å²) in [5.74, 6) is 2.48. The number of para-hydroxylation sites is 2. The predicted molar refractivity (Wildman–Crippen MR) is 123 cm³/mol. The molecule has 0 aliphatic rings. The zero-order chi connectivity index (χ0) is 22.2. The van der Waals surface area contributed by atoms with E-state index in [2.05, 4.69) is 30.7 Å². The van der Waals surface area contributed by atoms with E-state index in [1.165, 1.54) is 0 Å². The minimum absolute atomic E-state index is 0.365. The second kappa shape index (κ2) is 8.00. The van der Waals surface area contributed by atoms with Gasteiger partial charge in [0, 0.05) is 11.0 Å². The van der Waals surface area contributed by atoms with Crippen LogP contribution in [0.3, 0.4) is 0 Å². The van der Waals surface area contributed by atoms with Gasteiger partial charge in [-0.2, -0.15) is 19.5 Å². The maximum atomic E-state index is 12.4. The molecular formula is C21H24N7O2P. The number of nitrogens with zero attached hydrogens (tertiary/aromatic N) is 5. The third-order valence-electron chi connectivity index (χ3n) is 4.75. The highest BCUT2D eigenvalue weighted by Crippen LogP contribution is 2.35. The minimum Gasteiger partial charge on any atom is -0.495 e. The van der Waals surface area contributed by atoms with Crippen LogP contribution in [0.4, 0.5) is 23.3 Å². The lowest BCUT2D eigenvalue weighted by atomic mass is 10.2. The quantitative estimate of drug-likeness (QED) is 0.438. The smallest absolute Gasteiger partial charge is 0.258 e. The summed E-state index contributed by atoms with van der Waals surface area (Å²) in [4.78, 5) is 13.5. The van der Waals surface area contributed by atoms with Gasteiger partial charge in [0.15, 0.2) is 0 Å². The van der Waals surface area contributed by atoms with E-state index in [1.807, 2.05) is 49.4 Å². The number of ether oxygens (including phenoxy) is 1. The summed E-state index contributed by atoms with van der Waals surface area (Å²) < 4.78 is 19.4. The SMILES string of the molecule is COc1ccccc1Nc1nc(Nc2ccc(P(C)(C)=O)cc2C)nc2nc(C)nn12. The zero-order valence-corrected chi connectivity index (χ0v) is 18.9. The van der Waals surface area contributed by atoms with Gasteiger partial charge in [0.05, 0.1) is 12.8 Å². The summed E-state index contributed by atoms with van der Waals surface area (Å²) >= 11 is 0. The van der Waals surface area contributed by atoms with Crippen LogP contribution in [0.5, 0.6) is 5.75 Å². The maximum absolute atomic E-state index is 12.4. The fraction of sp³-hybridized carbons (Fsp3) is 0.238. The van der Waals surface area contributed by atoms with E-state index in [-0.39, 0.29) is 0 Å². The van der Waals surface area contributed by atoms with Gasteiger partial charge in [0.1, 0.15) is 18.7 Å². The average Bonchev–Trinajstić information content (AvgIpc) is 3.09. The van der Waals surface area contributed by atoms with Crippen LogP contribution in [0.2, 0.25) is 0 Å². The third-order valence-corrected chi connectivity index (χ3v) is 6.27. The Hall–Kier alpha value is -3.45. The lowest BCUT2D eigenvalue weighted by molar-refractivity contribution is 0.416. The summed E-state index contributed by atoms with van der Waals surface area (Å²) in [6.07, 6.45) is 0. The molecule has 0 fully saturated rings. The first-order valence-corrected chi connectivity index (χ1v) is 12.3. The van der Waals surface area contributed by atoms with Crippen molar-refractivity contribution < 1.29 is 9.30 Å². The average molecular weight is 437 g/mol. The van der Waals surface area contributed by atoms with Gasteiger partial charge >= 0.3 is 0 Å². The molecule has 0 bridgehead atoms. The highest BCUT2D eigenvalue weighted by molar-refractivity contribution is 7.70. The number of aryl methyl sites for hydroxylation is 2. The molecule has 0 saturated carbocycles. The number of hydrogen-bond acceptors (Lipinski definition) is 8. The van der Waals surface area contributed by atoms with Gasteiger partial charge in [-0.15, -0.1) is 5.10 Å². The highest BCUT2D eigenvalue weighted by atomic mass is 31.2. The Balaban J connectivity index is 1.73. The first-order chi connectivity index (χ1) is 14.7. The maximum Gasteiger partial charge on any atom is 0.258 e. The Labute approximate surface area is 180 Å². The molecule has 0 spiro atoms. The summed E-state index contributed by atoms with van der Waals surface area (Å²) in [6, 6.07) is 13.2. The Morgan fingerprint density at radius 2 is 1.74 bits per heavy atom. The third kappa shape index (κ3) is 4.36. The topological polar surface area (TPSA) is 106 Å². The van der Waals surface area contributed by atoms with Crippen molar-refractivity contribution in [2.45, 2.75) is 13.8 Å². The van der Waals surface area contributed by atoms with Crippen molar-refractivity contribution in [1.29, 1.82) is 0 Å². The molecule has 2 N–H and O–H groups in total. The largest absolute Gasteiger partial charge is 0.495 e. The molecule has 2 aromatic heterocycles.